The van der Waals surface area contributed by atoms with E-state index in [0.717, 1.165) is 15.6 Å². The first-order valence-corrected chi connectivity index (χ1v) is 7.89. The molecule has 3 rings (SSSR count). The Morgan fingerprint density at radius 3 is 2.64 bits per heavy atom. The lowest BCUT2D eigenvalue weighted by molar-refractivity contribution is 0.653. The third kappa shape index (κ3) is 2.70. The molecule has 0 aliphatic rings. The molecule has 0 aliphatic carbocycles. The Balaban J connectivity index is 2.10. The number of H-pyrrole nitrogens is 1. The van der Waals surface area contributed by atoms with E-state index < -0.39 is 11.2 Å². The minimum absolute atomic E-state index is 0.0980. The molecule has 0 saturated carbocycles. The van der Waals surface area contributed by atoms with Crippen molar-refractivity contribution in [1.29, 1.82) is 5.26 Å². The molecule has 2 N–H and O–H groups in total. The van der Waals surface area contributed by atoms with Crippen LogP contribution in [0.2, 0.25) is 0 Å². The van der Waals surface area contributed by atoms with Crippen molar-refractivity contribution < 1.29 is 0 Å². The summed E-state index contributed by atoms with van der Waals surface area (Å²) in [5.74, 6) is 0.878. The summed E-state index contributed by atoms with van der Waals surface area (Å²) in [5.41, 5.74) is 0.518. The quantitative estimate of drug-likeness (QED) is 0.747. The number of nitriles is 1. The van der Waals surface area contributed by atoms with E-state index in [0.29, 0.717) is 12.2 Å². The summed E-state index contributed by atoms with van der Waals surface area (Å²) >= 11 is 0. The number of imidazole rings is 1. The number of hydrogen-bond acceptors (Lipinski definition) is 5. The van der Waals surface area contributed by atoms with Gasteiger partial charge in [0.25, 0.3) is 5.56 Å². The molecule has 3 aromatic rings. The number of benzene rings is 1. The average Bonchev–Trinajstić information content (AvgIpc) is 3.05. The molecule has 2 aromatic heterocycles. The molecule has 0 saturated heterocycles. The van der Waals surface area contributed by atoms with E-state index in [2.05, 4.69) is 15.3 Å². The van der Waals surface area contributed by atoms with Gasteiger partial charge in [0.05, 0.1) is 17.1 Å². The van der Waals surface area contributed by atoms with Crippen LogP contribution in [0, 0.1) is 11.3 Å². The van der Waals surface area contributed by atoms with Crippen molar-refractivity contribution in [2.24, 2.45) is 14.1 Å². The summed E-state index contributed by atoms with van der Waals surface area (Å²) in [7, 11) is 2.88. The highest BCUT2D eigenvalue weighted by Gasteiger charge is 2.20. The van der Waals surface area contributed by atoms with Crippen molar-refractivity contribution in [1.82, 2.24) is 19.1 Å². The van der Waals surface area contributed by atoms with E-state index in [9.17, 15) is 14.9 Å². The highest BCUT2D eigenvalue weighted by atomic mass is 16.2. The lowest BCUT2D eigenvalue weighted by Gasteiger charge is -2.19. The van der Waals surface area contributed by atoms with Crippen molar-refractivity contribution in [3.63, 3.8) is 0 Å². The molecular weight excluding hydrogens is 320 g/mol. The van der Waals surface area contributed by atoms with E-state index in [1.807, 2.05) is 37.3 Å². The number of para-hydroxylation sites is 2. The Labute approximate surface area is 143 Å². The Kier molecular flexibility index (Phi) is 4.15. The normalized spacial score (nSPS) is 12.1. The van der Waals surface area contributed by atoms with Crippen LogP contribution >= 0.6 is 0 Å². The smallest absolute Gasteiger partial charge is 0.332 e. The number of nitrogens with one attached hydrogen (secondary N) is 2. The van der Waals surface area contributed by atoms with Crippen LogP contribution in [0.1, 0.15) is 30.8 Å². The van der Waals surface area contributed by atoms with Gasteiger partial charge in [-0.15, -0.1) is 0 Å². The van der Waals surface area contributed by atoms with Gasteiger partial charge < -0.3 is 10.3 Å². The van der Waals surface area contributed by atoms with E-state index in [-0.39, 0.29) is 17.4 Å². The zero-order valence-corrected chi connectivity index (χ0v) is 14.2. The summed E-state index contributed by atoms with van der Waals surface area (Å²) < 4.78 is 2.19. The van der Waals surface area contributed by atoms with Gasteiger partial charge in [-0.05, 0) is 18.6 Å². The van der Waals surface area contributed by atoms with Crippen LogP contribution in [-0.4, -0.2) is 19.1 Å². The van der Waals surface area contributed by atoms with Crippen molar-refractivity contribution in [3.05, 3.63) is 56.5 Å². The van der Waals surface area contributed by atoms with Crippen LogP contribution in [0.5, 0.6) is 0 Å². The fraction of sp³-hybridized carbons (Fsp3) is 0.294. The zero-order chi connectivity index (χ0) is 18.1. The Bertz CT molecular complexity index is 1070. The molecule has 128 valence electrons. The molecule has 1 atom stereocenters. The van der Waals surface area contributed by atoms with Crippen LogP contribution in [0.15, 0.2) is 33.9 Å². The highest BCUT2D eigenvalue weighted by Crippen LogP contribution is 2.23. The number of anilines is 1. The Morgan fingerprint density at radius 2 is 2.00 bits per heavy atom. The van der Waals surface area contributed by atoms with E-state index >= 15 is 0 Å². The van der Waals surface area contributed by atoms with Gasteiger partial charge in [-0.1, -0.05) is 19.1 Å². The molecule has 0 bridgehead atoms. The van der Waals surface area contributed by atoms with E-state index in [1.54, 1.807) is 0 Å². The maximum atomic E-state index is 12.2. The van der Waals surface area contributed by atoms with Crippen LogP contribution in [-0.2, 0) is 14.1 Å². The SMILES string of the molecule is CC[C@@H](Nc1c(C#N)c(=O)n(C)c(=O)n1C)c1nc2ccccc2[nH]1. The average molecular weight is 338 g/mol. The standard InChI is InChI=1S/C17H18N6O2/c1-4-11(14-19-12-7-5-6-8-13(12)20-14)21-15-10(9-18)16(24)23(3)17(25)22(15)2/h5-8,11,21H,4H2,1-3H3,(H,19,20)/t11-/m1/s1. The fourth-order valence-corrected chi connectivity index (χ4v) is 2.78. The van der Waals surface area contributed by atoms with E-state index in [4.69, 9.17) is 0 Å². The minimum atomic E-state index is -0.618. The lowest BCUT2D eigenvalue weighted by atomic mass is 10.2. The molecule has 0 spiro atoms. The second kappa shape index (κ2) is 6.28. The molecule has 0 aliphatic heterocycles. The van der Waals surface area contributed by atoms with Crippen LogP contribution in [0.3, 0.4) is 0 Å². The molecule has 1 aromatic carbocycles. The Morgan fingerprint density at radius 1 is 1.28 bits per heavy atom. The van der Waals surface area contributed by atoms with E-state index in [1.165, 1.54) is 18.7 Å². The van der Waals surface area contributed by atoms with Crippen LogP contribution in [0.4, 0.5) is 5.82 Å². The molecule has 0 unspecified atom stereocenters. The molecule has 0 radical (unpaired) electrons. The summed E-state index contributed by atoms with van der Waals surface area (Å²) in [6.45, 7) is 1.95. The molecular formula is C17H18N6O2. The largest absolute Gasteiger partial charge is 0.360 e. The van der Waals surface area contributed by atoms with Gasteiger partial charge in [0.2, 0.25) is 0 Å². The molecule has 8 nitrogen and oxygen atoms in total. The van der Waals surface area contributed by atoms with Gasteiger partial charge in [-0.25, -0.2) is 9.78 Å². The number of aromatic nitrogens is 4. The molecule has 0 fully saturated rings. The summed E-state index contributed by atoms with van der Waals surface area (Å²) in [5, 5.41) is 12.5. The number of fused-ring (bicyclic) bond motifs is 1. The van der Waals surface area contributed by atoms with Crippen molar-refractivity contribution in [3.8, 4) is 6.07 Å². The lowest BCUT2D eigenvalue weighted by Crippen LogP contribution is -2.40. The van der Waals surface area contributed by atoms with Gasteiger partial charge in [0, 0.05) is 14.1 Å². The first-order valence-electron chi connectivity index (χ1n) is 7.89. The van der Waals surface area contributed by atoms with Gasteiger partial charge in [0.1, 0.15) is 17.7 Å². The topological polar surface area (TPSA) is 108 Å². The molecule has 8 heteroatoms. The molecule has 0 amide bonds. The highest BCUT2D eigenvalue weighted by molar-refractivity contribution is 5.75. The maximum Gasteiger partial charge on any atom is 0.332 e. The van der Waals surface area contributed by atoms with Gasteiger partial charge in [-0.3, -0.25) is 13.9 Å². The van der Waals surface area contributed by atoms with Gasteiger partial charge >= 0.3 is 5.69 Å². The summed E-state index contributed by atoms with van der Waals surface area (Å²) in [6, 6.07) is 9.25. The minimum Gasteiger partial charge on any atom is -0.360 e. The maximum absolute atomic E-state index is 12.2. The molecule has 25 heavy (non-hydrogen) atoms. The third-order valence-corrected chi connectivity index (χ3v) is 4.23. The van der Waals surface area contributed by atoms with Crippen molar-refractivity contribution in [2.75, 3.05) is 5.32 Å². The van der Waals surface area contributed by atoms with Crippen LogP contribution in [0.25, 0.3) is 11.0 Å². The predicted octanol–water partition coefficient (Wildman–Crippen LogP) is 1.40. The summed E-state index contributed by atoms with van der Waals surface area (Å²) in [6.07, 6.45) is 0.647. The third-order valence-electron chi connectivity index (χ3n) is 4.23. The number of hydrogen-bond donors (Lipinski definition) is 2. The zero-order valence-electron chi connectivity index (χ0n) is 14.2. The second-order valence-corrected chi connectivity index (χ2v) is 5.79. The van der Waals surface area contributed by atoms with Gasteiger partial charge in [0.15, 0.2) is 5.56 Å². The number of rotatable bonds is 4. The van der Waals surface area contributed by atoms with Crippen LogP contribution < -0.4 is 16.6 Å². The Hall–Kier alpha value is -3.34. The van der Waals surface area contributed by atoms with Gasteiger partial charge in [-0.2, -0.15) is 5.26 Å². The number of aromatic amines is 1. The van der Waals surface area contributed by atoms with Crippen molar-refractivity contribution >= 4 is 16.9 Å². The monoisotopic (exact) mass is 338 g/mol. The number of nitrogens with zero attached hydrogens (tertiary/aromatic N) is 4. The predicted molar refractivity (Wildman–Crippen MR) is 94.4 cm³/mol. The fourth-order valence-electron chi connectivity index (χ4n) is 2.78. The first-order chi connectivity index (χ1) is 12.0. The van der Waals surface area contributed by atoms with Crippen molar-refractivity contribution in [2.45, 2.75) is 19.4 Å². The second-order valence-electron chi connectivity index (χ2n) is 5.79. The first kappa shape index (κ1) is 16.5. The summed E-state index contributed by atoms with van der Waals surface area (Å²) in [4.78, 5) is 32.2. The molecule has 2 heterocycles.